The van der Waals surface area contributed by atoms with Gasteiger partial charge in [-0.25, -0.2) is 4.39 Å². The quantitative estimate of drug-likeness (QED) is 0.664. The van der Waals surface area contributed by atoms with Crippen molar-refractivity contribution in [2.24, 2.45) is 0 Å². The van der Waals surface area contributed by atoms with Gasteiger partial charge in [0, 0.05) is 14.5 Å². The maximum absolute atomic E-state index is 13.6. The van der Waals surface area contributed by atoms with Gasteiger partial charge >= 0.3 is 0 Å². The zero-order chi connectivity index (χ0) is 14.0. The van der Waals surface area contributed by atoms with Crippen molar-refractivity contribution in [3.63, 3.8) is 0 Å². The normalized spacial score (nSPS) is 10.3. The van der Waals surface area contributed by atoms with Gasteiger partial charge in [0.15, 0.2) is 17.3 Å². The van der Waals surface area contributed by atoms with Crippen LogP contribution in [0.25, 0.3) is 0 Å². The van der Waals surface area contributed by atoms with Crippen molar-refractivity contribution in [3.05, 3.63) is 56.7 Å². The minimum Gasteiger partial charge on any atom is -0.454 e. The van der Waals surface area contributed by atoms with Crippen LogP contribution in [0, 0.1) is 5.82 Å². The molecule has 2 aromatic carbocycles. The van der Waals surface area contributed by atoms with E-state index in [0.29, 0.717) is 20.3 Å². The van der Waals surface area contributed by atoms with E-state index in [9.17, 15) is 9.18 Å². The molecule has 0 spiro atoms. The Balaban J connectivity index is 2.29. The van der Waals surface area contributed by atoms with Crippen LogP contribution in [0.15, 0.2) is 45.3 Å². The second-order valence-corrected chi connectivity index (χ2v) is 5.64. The van der Waals surface area contributed by atoms with Gasteiger partial charge in [0.2, 0.25) is 0 Å². The van der Waals surface area contributed by atoms with Crippen molar-refractivity contribution in [2.75, 3.05) is 0 Å². The average molecular weight is 388 g/mol. The van der Waals surface area contributed by atoms with Gasteiger partial charge in [-0.2, -0.15) is 0 Å². The molecule has 0 unspecified atom stereocenters. The third kappa shape index (κ3) is 3.42. The summed E-state index contributed by atoms with van der Waals surface area (Å²) in [7, 11) is 0. The van der Waals surface area contributed by atoms with Crippen LogP contribution in [0.4, 0.5) is 4.39 Å². The molecule has 2 nitrogen and oxygen atoms in total. The fourth-order valence-electron chi connectivity index (χ4n) is 1.53. The van der Waals surface area contributed by atoms with Crippen LogP contribution in [-0.2, 0) is 0 Å². The fourth-order valence-corrected chi connectivity index (χ4v) is 2.50. The van der Waals surface area contributed by atoms with Crippen LogP contribution in [0.2, 0.25) is 0 Å². The molecule has 0 aliphatic carbocycles. The summed E-state index contributed by atoms with van der Waals surface area (Å²) < 4.78 is 20.3. The predicted molar refractivity (Wildman–Crippen MR) is 78.3 cm³/mol. The van der Waals surface area contributed by atoms with Gasteiger partial charge in [-0.15, -0.1) is 0 Å². The predicted octanol–water partition coefficient (Wildman–Crippen LogP) is 5.35. The molecular weight excluding hydrogens is 379 g/mol. The Morgan fingerprint density at radius 3 is 2.47 bits per heavy atom. The van der Waals surface area contributed by atoms with Crippen molar-refractivity contribution in [1.82, 2.24) is 0 Å². The molecule has 0 atom stereocenters. The summed E-state index contributed by atoms with van der Waals surface area (Å²) in [6.45, 7) is 1.48. The molecular formula is C14H9Br2FO2. The van der Waals surface area contributed by atoms with E-state index >= 15 is 0 Å². The number of benzene rings is 2. The first-order valence-corrected chi connectivity index (χ1v) is 6.99. The number of rotatable bonds is 3. The highest BCUT2D eigenvalue weighted by Gasteiger charge is 2.09. The molecule has 0 aliphatic heterocycles. The highest BCUT2D eigenvalue weighted by molar-refractivity contribution is 9.10. The highest BCUT2D eigenvalue weighted by atomic mass is 79.9. The molecule has 5 heteroatoms. The van der Waals surface area contributed by atoms with E-state index < -0.39 is 5.82 Å². The Kier molecular flexibility index (Phi) is 4.37. The fraction of sp³-hybridized carbons (Fsp3) is 0.0714. The number of carbonyl (C=O) groups excluding carboxylic acids is 1. The Labute approximate surface area is 126 Å². The number of ketones is 1. The number of ether oxygens (including phenoxy) is 1. The molecule has 0 fully saturated rings. The molecule has 0 saturated heterocycles. The molecule has 0 aromatic heterocycles. The molecule has 0 aliphatic rings. The van der Waals surface area contributed by atoms with E-state index in [2.05, 4.69) is 31.9 Å². The first-order valence-electron chi connectivity index (χ1n) is 5.41. The second-order valence-electron chi connectivity index (χ2n) is 3.87. The summed E-state index contributed by atoms with van der Waals surface area (Å²) >= 11 is 6.47. The third-order valence-electron chi connectivity index (χ3n) is 2.44. The van der Waals surface area contributed by atoms with Crippen molar-refractivity contribution in [3.8, 4) is 11.5 Å². The van der Waals surface area contributed by atoms with Crippen molar-refractivity contribution in [2.45, 2.75) is 6.92 Å². The first kappa shape index (κ1) is 14.2. The van der Waals surface area contributed by atoms with Gasteiger partial charge in [0.1, 0.15) is 5.75 Å². The summed E-state index contributed by atoms with van der Waals surface area (Å²) in [5.41, 5.74) is 0.559. The van der Waals surface area contributed by atoms with E-state index in [4.69, 9.17) is 4.74 Å². The Hall–Kier alpha value is -1.20. The molecule has 0 amide bonds. The van der Waals surface area contributed by atoms with Gasteiger partial charge in [0.05, 0.1) is 0 Å². The molecule has 2 rings (SSSR count). The topological polar surface area (TPSA) is 26.3 Å². The van der Waals surface area contributed by atoms with Crippen LogP contribution in [0.1, 0.15) is 17.3 Å². The maximum atomic E-state index is 13.6. The number of carbonyl (C=O) groups is 1. The lowest BCUT2D eigenvalue weighted by atomic mass is 10.1. The molecule has 0 heterocycles. The minimum atomic E-state index is -0.457. The number of hydrogen-bond acceptors (Lipinski definition) is 2. The van der Waals surface area contributed by atoms with E-state index in [0.717, 1.165) is 0 Å². The summed E-state index contributed by atoms with van der Waals surface area (Å²) in [6.07, 6.45) is 0. The standard InChI is InChI=1S/C14H9Br2FO2/c1-8(18)11-4-3-10(7-12(11)16)19-14-5-2-9(15)6-13(14)17/h2-7H,1H3. The lowest BCUT2D eigenvalue weighted by Crippen LogP contribution is -1.94. The number of halogens is 3. The molecule has 0 bridgehead atoms. The summed E-state index contributed by atoms with van der Waals surface area (Å²) in [6, 6.07) is 9.46. The van der Waals surface area contributed by atoms with Crippen LogP contribution in [0.3, 0.4) is 0 Å². The molecule has 0 N–H and O–H groups in total. The lowest BCUT2D eigenvalue weighted by molar-refractivity contribution is 0.101. The van der Waals surface area contributed by atoms with E-state index in [1.54, 1.807) is 24.3 Å². The monoisotopic (exact) mass is 386 g/mol. The lowest BCUT2D eigenvalue weighted by Gasteiger charge is -2.08. The van der Waals surface area contributed by atoms with E-state index in [1.165, 1.54) is 19.1 Å². The minimum absolute atomic E-state index is 0.0479. The summed E-state index contributed by atoms with van der Waals surface area (Å²) in [5, 5.41) is 0. The van der Waals surface area contributed by atoms with Gasteiger partial charge in [0.25, 0.3) is 0 Å². The Morgan fingerprint density at radius 1 is 1.16 bits per heavy atom. The summed E-state index contributed by atoms with van der Waals surface area (Å²) in [5.74, 6) is 0.0816. The van der Waals surface area contributed by atoms with Crippen LogP contribution in [-0.4, -0.2) is 5.78 Å². The number of Topliss-reactive ketones (excluding diaryl/α,β-unsaturated/α-hetero) is 1. The maximum Gasteiger partial charge on any atom is 0.166 e. The van der Waals surface area contributed by atoms with Gasteiger partial charge < -0.3 is 4.74 Å². The smallest absolute Gasteiger partial charge is 0.166 e. The second kappa shape index (κ2) is 5.84. The molecule has 0 saturated carbocycles. The average Bonchev–Trinajstić information content (AvgIpc) is 2.32. The van der Waals surface area contributed by atoms with Gasteiger partial charge in [-0.3, -0.25) is 4.79 Å². The molecule has 98 valence electrons. The van der Waals surface area contributed by atoms with Crippen LogP contribution in [0.5, 0.6) is 11.5 Å². The van der Waals surface area contributed by atoms with Crippen molar-refractivity contribution in [1.29, 1.82) is 0 Å². The zero-order valence-corrected chi connectivity index (χ0v) is 13.1. The van der Waals surface area contributed by atoms with Crippen LogP contribution < -0.4 is 4.74 Å². The molecule has 0 radical (unpaired) electrons. The zero-order valence-electron chi connectivity index (χ0n) is 9.91. The Morgan fingerprint density at radius 2 is 1.89 bits per heavy atom. The van der Waals surface area contributed by atoms with Crippen molar-refractivity contribution >= 4 is 37.6 Å². The first-order chi connectivity index (χ1) is 8.97. The SMILES string of the molecule is CC(=O)c1ccc(Oc2ccc(Br)cc2F)cc1Br. The number of hydrogen-bond donors (Lipinski definition) is 0. The van der Waals surface area contributed by atoms with Crippen molar-refractivity contribution < 1.29 is 13.9 Å². The third-order valence-corrected chi connectivity index (χ3v) is 3.59. The highest BCUT2D eigenvalue weighted by Crippen LogP contribution is 2.30. The Bertz CT molecular complexity index is 641. The largest absolute Gasteiger partial charge is 0.454 e. The van der Waals surface area contributed by atoms with E-state index in [1.807, 2.05) is 0 Å². The van der Waals surface area contributed by atoms with Crippen LogP contribution >= 0.6 is 31.9 Å². The molecule has 2 aromatic rings. The van der Waals surface area contributed by atoms with E-state index in [-0.39, 0.29) is 11.5 Å². The van der Waals surface area contributed by atoms with Gasteiger partial charge in [-0.1, -0.05) is 15.9 Å². The summed E-state index contributed by atoms with van der Waals surface area (Å²) in [4.78, 5) is 11.3. The van der Waals surface area contributed by atoms with Gasteiger partial charge in [-0.05, 0) is 59.3 Å². The molecule has 19 heavy (non-hydrogen) atoms.